The van der Waals surface area contributed by atoms with E-state index >= 15 is 0 Å². The van der Waals surface area contributed by atoms with Gasteiger partial charge < -0.3 is 24.4 Å². The molecule has 1 saturated heterocycles. The monoisotopic (exact) mass is 466 g/mol. The largest absolute Gasteiger partial charge is 0.488 e. The van der Waals surface area contributed by atoms with Gasteiger partial charge in [0.2, 0.25) is 18.6 Å². The standard InChI is InChI=1S/C25H23ClN2O5/c26-19-2-4-21-18(12-19)11-16(14-31-21)1-6-24(29)28-9-7-17(8-10-28)25(30)27-20-3-5-22-23(13-20)33-15-32-22/h1-6,11-13,17H,7-10,14-15H2,(H,27,30). The number of likely N-dealkylation sites (tertiary alicyclic amines) is 1. The van der Waals surface area contributed by atoms with E-state index in [0.717, 1.165) is 16.9 Å². The first-order valence-electron chi connectivity index (χ1n) is 10.9. The van der Waals surface area contributed by atoms with Gasteiger partial charge in [-0.05, 0) is 54.8 Å². The van der Waals surface area contributed by atoms with E-state index in [4.69, 9.17) is 25.8 Å². The number of ether oxygens (including phenoxy) is 3. The summed E-state index contributed by atoms with van der Waals surface area (Å²) < 4.78 is 16.4. The van der Waals surface area contributed by atoms with Crippen LogP contribution in [0.1, 0.15) is 18.4 Å². The Morgan fingerprint density at radius 1 is 1.00 bits per heavy atom. The minimum absolute atomic E-state index is 0.0432. The molecule has 0 saturated carbocycles. The molecule has 0 aliphatic carbocycles. The Hall–Kier alpha value is -3.45. The number of halogens is 1. The van der Waals surface area contributed by atoms with Crippen molar-refractivity contribution in [3.8, 4) is 17.2 Å². The third-order valence-electron chi connectivity index (χ3n) is 5.96. The van der Waals surface area contributed by atoms with Crippen LogP contribution in [0.25, 0.3) is 6.08 Å². The number of rotatable bonds is 4. The van der Waals surface area contributed by atoms with Gasteiger partial charge in [-0.15, -0.1) is 0 Å². The predicted octanol–water partition coefficient (Wildman–Crippen LogP) is 4.28. The maximum atomic E-state index is 12.7. The van der Waals surface area contributed by atoms with E-state index in [9.17, 15) is 9.59 Å². The molecule has 33 heavy (non-hydrogen) atoms. The average Bonchev–Trinajstić information content (AvgIpc) is 3.30. The molecule has 7 nitrogen and oxygen atoms in total. The summed E-state index contributed by atoms with van der Waals surface area (Å²) in [5, 5.41) is 3.58. The highest BCUT2D eigenvalue weighted by molar-refractivity contribution is 6.30. The Labute approximate surface area is 196 Å². The van der Waals surface area contributed by atoms with Crippen molar-refractivity contribution >= 4 is 35.2 Å². The summed E-state index contributed by atoms with van der Waals surface area (Å²) >= 11 is 6.05. The topological polar surface area (TPSA) is 77.1 Å². The summed E-state index contributed by atoms with van der Waals surface area (Å²) in [7, 11) is 0. The molecule has 5 rings (SSSR count). The number of amides is 2. The van der Waals surface area contributed by atoms with Crippen molar-refractivity contribution in [2.75, 3.05) is 31.8 Å². The summed E-state index contributed by atoms with van der Waals surface area (Å²) in [5.74, 6) is 1.84. The molecule has 170 valence electrons. The first-order chi connectivity index (χ1) is 16.0. The number of carbonyl (C=O) groups is 2. The highest BCUT2D eigenvalue weighted by Crippen LogP contribution is 2.34. The van der Waals surface area contributed by atoms with Gasteiger partial charge in [-0.25, -0.2) is 0 Å². The van der Waals surface area contributed by atoms with Gasteiger partial charge in [0.05, 0.1) is 0 Å². The second-order valence-electron chi connectivity index (χ2n) is 8.18. The number of benzene rings is 2. The molecule has 1 fully saturated rings. The van der Waals surface area contributed by atoms with Crippen molar-refractivity contribution in [1.82, 2.24) is 4.90 Å². The molecule has 3 aliphatic rings. The van der Waals surface area contributed by atoms with E-state index in [-0.39, 0.29) is 24.5 Å². The van der Waals surface area contributed by atoms with Gasteiger partial charge in [-0.3, -0.25) is 9.59 Å². The number of nitrogens with zero attached hydrogens (tertiary/aromatic N) is 1. The number of nitrogens with one attached hydrogen (secondary N) is 1. The smallest absolute Gasteiger partial charge is 0.246 e. The zero-order chi connectivity index (χ0) is 22.8. The summed E-state index contributed by atoms with van der Waals surface area (Å²) in [6.45, 7) is 1.67. The lowest BCUT2D eigenvalue weighted by Gasteiger charge is -2.30. The fourth-order valence-electron chi connectivity index (χ4n) is 4.13. The molecule has 0 spiro atoms. The fourth-order valence-corrected chi connectivity index (χ4v) is 4.31. The summed E-state index contributed by atoms with van der Waals surface area (Å²) in [6, 6.07) is 10.8. The normalized spacial score (nSPS) is 17.4. The van der Waals surface area contributed by atoms with Crippen LogP contribution in [-0.2, 0) is 9.59 Å². The third-order valence-corrected chi connectivity index (χ3v) is 6.20. The predicted molar refractivity (Wildman–Crippen MR) is 125 cm³/mol. The van der Waals surface area contributed by atoms with Gasteiger partial charge in [-0.2, -0.15) is 0 Å². The van der Waals surface area contributed by atoms with Crippen LogP contribution in [0.2, 0.25) is 5.02 Å². The van der Waals surface area contributed by atoms with E-state index in [1.807, 2.05) is 18.2 Å². The molecule has 2 amide bonds. The Kier molecular flexibility index (Phi) is 5.96. The Morgan fingerprint density at radius 2 is 1.79 bits per heavy atom. The van der Waals surface area contributed by atoms with Gasteiger partial charge in [0, 0.05) is 47.4 Å². The van der Waals surface area contributed by atoms with E-state index in [1.165, 1.54) is 0 Å². The zero-order valence-electron chi connectivity index (χ0n) is 17.9. The fraction of sp³-hybridized carbons (Fsp3) is 0.280. The molecule has 0 aromatic heterocycles. The second-order valence-corrected chi connectivity index (χ2v) is 8.62. The van der Waals surface area contributed by atoms with Crippen molar-refractivity contribution in [3.05, 3.63) is 64.7 Å². The number of carbonyl (C=O) groups excluding carboxylic acids is 2. The molecule has 2 aromatic carbocycles. The highest BCUT2D eigenvalue weighted by Gasteiger charge is 2.27. The van der Waals surface area contributed by atoms with Crippen molar-refractivity contribution < 1.29 is 23.8 Å². The van der Waals surface area contributed by atoms with Crippen molar-refractivity contribution in [1.29, 1.82) is 0 Å². The van der Waals surface area contributed by atoms with Gasteiger partial charge in [0.25, 0.3) is 0 Å². The van der Waals surface area contributed by atoms with Crippen LogP contribution in [0.4, 0.5) is 5.69 Å². The summed E-state index contributed by atoms with van der Waals surface area (Å²) in [6.07, 6.45) is 6.56. The van der Waals surface area contributed by atoms with Crippen LogP contribution >= 0.6 is 11.6 Å². The lowest BCUT2D eigenvalue weighted by molar-refractivity contribution is -0.130. The first kappa shape index (κ1) is 21.4. The quantitative estimate of drug-likeness (QED) is 0.680. The van der Waals surface area contributed by atoms with Crippen LogP contribution in [-0.4, -0.2) is 43.2 Å². The Morgan fingerprint density at radius 3 is 2.64 bits per heavy atom. The molecular weight excluding hydrogens is 444 g/mol. The molecule has 0 radical (unpaired) electrons. The van der Waals surface area contributed by atoms with Gasteiger partial charge >= 0.3 is 0 Å². The zero-order valence-corrected chi connectivity index (χ0v) is 18.6. The van der Waals surface area contributed by atoms with E-state index < -0.39 is 0 Å². The molecule has 1 N–H and O–H groups in total. The van der Waals surface area contributed by atoms with Crippen molar-refractivity contribution in [2.24, 2.45) is 5.92 Å². The van der Waals surface area contributed by atoms with Gasteiger partial charge in [0.1, 0.15) is 12.4 Å². The molecule has 2 aromatic rings. The Bertz CT molecular complexity index is 1150. The van der Waals surface area contributed by atoms with Gasteiger partial charge in [-0.1, -0.05) is 17.7 Å². The molecule has 3 heterocycles. The number of hydrogen-bond acceptors (Lipinski definition) is 5. The van der Waals surface area contributed by atoms with Crippen LogP contribution in [0.5, 0.6) is 17.2 Å². The first-order valence-corrected chi connectivity index (χ1v) is 11.2. The Balaban J connectivity index is 1.13. The molecule has 0 unspecified atom stereocenters. The van der Waals surface area contributed by atoms with Gasteiger partial charge in [0.15, 0.2) is 11.5 Å². The van der Waals surface area contributed by atoms with E-state index in [2.05, 4.69) is 5.32 Å². The van der Waals surface area contributed by atoms with Crippen LogP contribution < -0.4 is 19.5 Å². The number of fused-ring (bicyclic) bond motifs is 2. The number of hydrogen-bond donors (Lipinski definition) is 1. The number of piperidine rings is 1. The molecular formula is C25H23ClN2O5. The van der Waals surface area contributed by atoms with Crippen LogP contribution in [0.3, 0.4) is 0 Å². The lowest BCUT2D eigenvalue weighted by Crippen LogP contribution is -2.40. The molecule has 8 heteroatoms. The summed E-state index contributed by atoms with van der Waals surface area (Å²) in [5.41, 5.74) is 2.47. The minimum atomic E-state index is -0.140. The maximum Gasteiger partial charge on any atom is 0.246 e. The summed E-state index contributed by atoms with van der Waals surface area (Å²) in [4.78, 5) is 27.1. The SMILES string of the molecule is O=C(Nc1ccc2c(c1)OCO2)C1CCN(C(=O)C=CC2=Cc3cc(Cl)ccc3OC2)CC1. The van der Waals surface area contributed by atoms with E-state index in [1.54, 1.807) is 41.3 Å². The molecule has 3 aliphatic heterocycles. The molecule has 0 atom stereocenters. The third kappa shape index (κ3) is 4.83. The maximum absolute atomic E-state index is 12.7. The highest BCUT2D eigenvalue weighted by atomic mass is 35.5. The van der Waals surface area contributed by atoms with Crippen molar-refractivity contribution in [2.45, 2.75) is 12.8 Å². The second kappa shape index (κ2) is 9.19. The average molecular weight is 467 g/mol. The van der Waals surface area contributed by atoms with Crippen LogP contribution in [0, 0.1) is 5.92 Å². The van der Waals surface area contributed by atoms with Crippen LogP contribution in [0.15, 0.2) is 54.1 Å². The minimum Gasteiger partial charge on any atom is -0.488 e. The van der Waals surface area contributed by atoms with Crippen molar-refractivity contribution in [3.63, 3.8) is 0 Å². The van der Waals surface area contributed by atoms with E-state index in [0.29, 0.717) is 54.7 Å². The number of anilines is 1. The molecule has 0 bridgehead atoms. The lowest BCUT2D eigenvalue weighted by atomic mass is 9.95.